The van der Waals surface area contributed by atoms with Gasteiger partial charge in [0.15, 0.2) is 22.5 Å². The number of hydrogen-bond donors (Lipinski definition) is 3. The number of hydrogen-bond acceptors (Lipinski definition) is 8. The highest BCUT2D eigenvalue weighted by Crippen LogP contribution is 2.26. The summed E-state index contributed by atoms with van der Waals surface area (Å²) >= 11 is 1.26. The van der Waals surface area contributed by atoms with Gasteiger partial charge in [-0.05, 0) is 55.0 Å². The van der Waals surface area contributed by atoms with E-state index in [9.17, 15) is 15.0 Å². The Kier molecular flexibility index (Phi) is 6.91. The number of phenols is 2. The van der Waals surface area contributed by atoms with Crippen LogP contribution in [0, 0.1) is 0 Å². The molecule has 30 heavy (non-hydrogen) atoms. The van der Waals surface area contributed by atoms with Crippen molar-refractivity contribution in [3.05, 3.63) is 48.0 Å². The van der Waals surface area contributed by atoms with Crippen LogP contribution in [0.3, 0.4) is 0 Å². The number of amides is 1. The Morgan fingerprint density at radius 1 is 1.20 bits per heavy atom. The second-order valence-corrected chi connectivity index (χ2v) is 7.05. The second kappa shape index (κ2) is 9.79. The number of rotatable bonds is 8. The van der Waals surface area contributed by atoms with E-state index in [1.165, 1.54) is 30.1 Å². The molecule has 3 aromatic rings. The van der Waals surface area contributed by atoms with E-state index < -0.39 is 0 Å². The first-order chi connectivity index (χ1) is 14.5. The number of aromatic nitrogens is 3. The standard InChI is InChI=1S/C20H21N5O4S/c1-3-25-19(14-5-7-15(29-2)8-6-14)23-24-20(25)30-12-18(28)22-21-11-13-4-9-16(26)17(27)10-13/h4-11,26-27H,3,12H2,1-2H3,(H,22,28)/b21-11-. The van der Waals surface area contributed by atoms with Crippen molar-refractivity contribution in [3.8, 4) is 28.6 Å². The van der Waals surface area contributed by atoms with Gasteiger partial charge in [0.2, 0.25) is 0 Å². The summed E-state index contributed by atoms with van der Waals surface area (Å²) in [6.45, 7) is 2.64. The van der Waals surface area contributed by atoms with Crippen molar-refractivity contribution in [3.63, 3.8) is 0 Å². The number of thioether (sulfide) groups is 1. The quantitative estimate of drug-likeness (QED) is 0.219. The molecule has 0 saturated carbocycles. The van der Waals surface area contributed by atoms with Gasteiger partial charge in [-0.1, -0.05) is 11.8 Å². The molecule has 0 bridgehead atoms. The van der Waals surface area contributed by atoms with Crippen molar-refractivity contribution in [2.45, 2.75) is 18.6 Å². The van der Waals surface area contributed by atoms with Gasteiger partial charge in [0, 0.05) is 12.1 Å². The zero-order chi connectivity index (χ0) is 21.5. The average molecular weight is 427 g/mol. The van der Waals surface area contributed by atoms with Gasteiger partial charge < -0.3 is 19.5 Å². The number of hydrazone groups is 1. The van der Waals surface area contributed by atoms with E-state index >= 15 is 0 Å². The molecule has 10 heteroatoms. The van der Waals surface area contributed by atoms with Crippen molar-refractivity contribution in [1.82, 2.24) is 20.2 Å². The van der Waals surface area contributed by atoms with Crippen LogP contribution < -0.4 is 10.2 Å². The van der Waals surface area contributed by atoms with E-state index in [1.807, 2.05) is 35.8 Å². The molecule has 9 nitrogen and oxygen atoms in total. The maximum Gasteiger partial charge on any atom is 0.250 e. The Labute approximate surface area is 177 Å². The number of nitrogens with zero attached hydrogens (tertiary/aromatic N) is 4. The van der Waals surface area contributed by atoms with Gasteiger partial charge in [-0.25, -0.2) is 5.43 Å². The Morgan fingerprint density at radius 2 is 1.97 bits per heavy atom. The second-order valence-electron chi connectivity index (χ2n) is 6.11. The highest BCUT2D eigenvalue weighted by Gasteiger charge is 2.14. The zero-order valence-corrected chi connectivity index (χ0v) is 17.3. The predicted octanol–water partition coefficient (Wildman–Crippen LogP) is 2.63. The Morgan fingerprint density at radius 3 is 2.63 bits per heavy atom. The molecule has 0 aliphatic heterocycles. The lowest BCUT2D eigenvalue weighted by Gasteiger charge is -2.07. The van der Waals surface area contributed by atoms with Crippen molar-refractivity contribution >= 4 is 23.9 Å². The third-order valence-electron chi connectivity index (χ3n) is 4.12. The molecular formula is C20H21N5O4S. The van der Waals surface area contributed by atoms with Crippen molar-refractivity contribution < 1.29 is 19.7 Å². The lowest BCUT2D eigenvalue weighted by molar-refractivity contribution is -0.118. The molecule has 1 amide bonds. The predicted molar refractivity (Wildman–Crippen MR) is 114 cm³/mol. The van der Waals surface area contributed by atoms with Crippen LogP contribution in [0.5, 0.6) is 17.2 Å². The first kappa shape index (κ1) is 21.2. The van der Waals surface area contributed by atoms with Crippen LogP contribution in [0.15, 0.2) is 52.7 Å². The van der Waals surface area contributed by atoms with Crippen LogP contribution in [0.25, 0.3) is 11.4 Å². The first-order valence-electron chi connectivity index (χ1n) is 9.06. The van der Waals surface area contributed by atoms with E-state index in [4.69, 9.17) is 4.74 Å². The molecule has 2 aromatic carbocycles. The third-order valence-corrected chi connectivity index (χ3v) is 5.08. The lowest BCUT2D eigenvalue weighted by atomic mass is 10.2. The van der Waals surface area contributed by atoms with Gasteiger partial charge in [-0.3, -0.25) is 4.79 Å². The lowest BCUT2D eigenvalue weighted by Crippen LogP contribution is -2.20. The van der Waals surface area contributed by atoms with Crippen LogP contribution in [0.2, 0.25) is 0 Å². The van der Waals surface area contributed by atoms with Crippen molar-refractivity contribution in [2.75, 3.05) is 12.9 Å². The van der Waals surface area contributed by atoms with Crippen molar-refractivity contribution in [2.24, 2.45) is 5.10 Å². The molecule has 0 atom stereocenters. The van der Waals surface area contributed by atoms with Crippen LogP contribution in [0.1, 0.15) is 12.5 Å². The van der Waals surface area contributed by atoms with Gasteiger partial charge in [-0.15, -0.1) is 10.2 Å². The largest absolute Gasteiger partial charge is 0.504 e. The maximum absolute atomic E-state index is 12.1. The fourth-order valence-electron chi connectivity index (χ4n) is 2.60. The molecule has 0 spiro atoms. The molecule has 0 unspecified atom stereocenters. The zero-order valence-electron chi connectivity index (χ0n) is 16.4. The normalized spacial score (nSPS) is 11.0. The minimum absolute atomic E-state index is 0.110. The minimum Gasteiger partial charge on any atom is -0.504 e. The van der Waals surface area contributed by atoms with E-state index in [0.717, 1.165) is 11.3 Å². The molecule has 0 aliphatic carbocycles. The highest BCUT2D eigenvalue weighted by atomic mass is 32.2. The molecule has 0 aliphatic rings. The summed E-state index contributed by atoms with van der Waals surface area (Å²) in [4.78, 5) is 12.1. The molecule has 1 aromatic heterocycles. The van der Waals surface area contributed by atoms with Crippen LogP contribution in [0.4, 0.5) is 0 Å². The van der Waals surface area contributed by atoms with Gasteiger partial charge in [0.1, 0.15) is 5.75 Å². The van der Waals surface area contributed by atoms with Gasteiger partial charge in [0.25, 0.3) is 5.91 Å². The third kappa shape index (κ3) is 5.09. The summed E-state index contributed by atoms with van der Waals surface area (Å²) in [5, 5.41) is 31.7. The van der Waals surface area contributed by atoms with Crippen molar-refractivity contribution in [1.29, 1.82) is 0 Å². The number of carbonyl (C=O) groups excluding carboxylic acids is 1. The number of aromatic hydroxyl groups is 2. The van der Waals surface area contributed by atoms with E-state index in [2.05, 4.69) is 20.7 Å². The van der Waals surface area contributed by atoms with Crippen LogP contribution >= 0.6 is 11.8 Å². The summed E-state index contributed by atoms with van der Waals surface area (Å²) in [5.41, 5.74) is 3.86. The Bertz CT molecular complexity index is 1050. The van der Waals surface area contributed by atoms with E-state index in [-0.39, 0.29) is 23.2 Å². The molecule has 3 rings (SSSR count). The fraction of sp³-hybridized carbons (Fsp3) is 0.200. The molecule has 3 N–H and O–H groups in total. The number of phenolic OH excluding ortho intramolecular Hbond substituents is 2. The molecule has 0 fully saturated rings. The number of nitrogens with one attached hydrogen (secondary N) is 1. The summed E-state index contributed by atoms with van der Waals surface area (Å²) in [6, 6.07) is 11.8. The SMILES string of the molecule is CCn1c(SCC(=O)N/N=C\c2ccc(O)c(O)c2)nnc1-c1ccc(OC)cc1. The van der Waals surface area contributed by atoms with Crippen LogP contribution in [-0.2, 0) is 11.3 Å². The molecule has 156 valence electrons. The summed E-state index contributed by atoms with van der Waals surface area (Å²) < 4.78 is 7.11. The molecular weight excluding hydrogens is 406 g/mol. The molecule has 1 heterocycles. The van der Waals surface area contributed by atoms with Gasteiger partial charge >= 0.3 is 0 Å². The summed E-state index contributed by atoms with van der Waals surface area (Å²) in [7, 11) is 1.61. The average Bonchev–Trinajstić information content (AvgIpc) is 3.17. The number of carbonyl (C=O) groups is 1. The number of benzene rings is 2. The summed E-state index contributed by atoms with van der Waals surface area (Å²) in [5.74, 6) is 0.799. The first-order valence-corrected chi connectivity index (χ1v) is 10.0. The minimum atomic E-state index is -0.309. The van der Waals surface area contributed by atoms with Gasteiger partial charge in [-0.2, -0.15) is 5.10 Å². The topological polar surface area (TPSA) is 122 Å². The van der Waals surface area contributed by atoms with E-state index in [0.29, 0.717) is 23.1 Å². The molecule has 0 radical (unpaired) electrons. The smallest absolute Gasteiger partial charge is 0.250 e. The van der Waals surface area contributed by atoms with Crippen LogP contribution in [-0.4, -0.2) is 50.0 Å². The number of methoxy groups -OCH3 is 1. The maximum atomic E-state index is 12.1. The van der Waals surface area contributed by atoms with E-state index in [1.54, 1.807) is 13.2 Å². The number of ether oxygens (including phenoxy) is 1. The fourth-order valence-corrected chi connectivity index (χ4v) is 3.39. The Balaban J connectivity index is 1.59. The summed E-state index contributed by atoms with van der Waals surface area (Å²) in [6.07, 6.45) is 1.37. The van der Waals surface area contributed by atoms with Gasteiger partial charge in [0.05, 0.1) is 19.1 Å². The monoisotopic (exact) mass is 427 g/mol. The highest BCUT2D eigenvalue weighted by molar-refractivity contribution is 7.99. The molecule has 0 saturated heterocycles. The Hall–Kier alpha value is -3.53.